The second-order valence-corrected chi connectivity index (χ2v) is 29.2. The largest absolute Gasteiger partial charge is 0.232 e. The van der Waals surface area contributed by atoms with Crippen LogP contribution in [-0.4, -0.2) is 0 Å². The van der Waals surface area contributed by atoms with Gasteiger partial charge in [-0.2, -0.15) is 0 Å². The predicted octanol–water partition coefficient (Wildman–Crippen LogP) is 3.72. The van der Waals surface area contributed by atoms with Crippen molar-refractivity contribution in [2.75, 3.05) is 0 Å². The summed E-state index contributed by atoms with van der Waals surface area (Å²) in [6, 6.07) is 0. The van der Waals surface area contributed by atoms with Gasteiger partial charge in [0.15, 0.2) is 46.5 Å². The maximum atomic E-state index is 3.28. The van der Waals surface area contributed by atoms with Crippen molar-refractivity contribution < 1.29 is 0 Å². The molecule has 32 valence electrons. The summed E-state index contributed by atoms with van der Waals surface area (Å²) >= 11 is 9.85. The van der Waals surface area contributed by atoms with Crippen LogP contribution in [0.15, 0.2) is 0 Å². The van der Waals surface area contributed by atoms with Gasteiger partial charge in [0, 0.05) is 0 Å². The monoisotopic (exact) mass is 301 g/mol. The van der Waals surface area contributed by atoms with E-state index in [4.69, 9.17) is 0 Å². The van der Waals surface area contributed by atoms with Gasteiger partial charge in [-0.1, -0.05) is 0 Å². The van der Waals surface area contributed by atoms with Crippen LogP contribution >= 0.6 is 58.5 Å². The summed E-state index contributed by atoms with van der Waals surface area (Å²) in [4.78, 5) is 0. The molecule has 5 heteroatoms. The van der Waals surface area contributed by atoms with E-state index in [0.717, 1.165) is 0 Å². The Morgan fingerprint density at radius 3 is 1.20 bits per heavy atom. The zero-order chi connectivity index (χ0) is 4.50. The summed E-state index contributed by atoms with van der Waals surface area (Å²) in [5.74, 6) is 0. The van der Waals surface area contributed by atoms with E-state index >= 15 is 0 Å². The second-order valence-electron chi connectivity index (χ2n) is 0.484. The van der Waals surface area contributed by atoms with Gasteiger partial charge in [0.2, 0.25) is 3.06 Å². The Bertz CT molecular complexity index is 20.4. The highest BCUT2D eigenvalue weighted by Gasteiger charge is 2.19. The molecule has 1 atom stereocenters. The van der Waals surface area contributed by atoms with Crippen molar-refractivity contribution in [2.45, 2.75) is 0 Å². The Kier molecular flexibility index (Phi) is 3.75. The molecule has 0 saturated carbocycles. The Hall–Kier alpha value is 2.30. The van der Waals surface area contributed by atoms with Crippen LogP contribution < -0.4 is 0 Å². The van der Waals surface area contributed by atoms with Gasteiger partial charge in [-0.3, -0.25) is 0 Å². The third-order valence-corrected chi connectivity index (χ3v) is 0. The van der Waals surface area contributed by atoms with E-state index < -0.39 is 3.06 Å². The minimum Gasteiger partial charge on any atom is 0.0622 e. The number of rotatable bonds is 0. The van der Waals surface area contributed by atoms with E-state index in [1.807, 2.05) is 0 Å². The minimum atomic E-state index is -1.03. The fourth-order valence-corrected chi connectivity index (χ4v) is 0. The van der Waals surface area contributed by atoms with Crippen molar-refractivity contribution in [3.05, 3.63) is 0 Å². The summed E-state index contributed by atoms with van der Waals surface area (Å²) in [5.41, 5.74) is 0. The SMILES string of the molecule is P[P+](Br)(Br)Br. The molecule has 0 fully saturated rings. The van der Waals surface area contributed by atoms with E-state index in [1.165, 1.54) is 0 Å². The quantitative estimate of drug-likeness (QED) is 0.598. The minimum absolute atomic E-state index is 1.03. The van der Waals surface area contributed by atoms with Crippen LogP contribution in [0.4, 0.5) is 0 Å². The van der Waals surface area contributed by atoms with Gasteiger partial charge in [0.25, 0.3) is 0 Å². The van der Waals surface area contributed by atoms with Crippen molar-refractivity contribution in [3.8, 4) is 0 Å². The second kappa shape index (κ2) is 2.57. The van der Waals surface area contributed by atoms with Crippen molar-refractivity contribution in [2.24, 2.45) is 0 Å². The molecule has 0 amide bonds. The Labute approximate surface area is 58.1 Å². The fourth-order valence-electron chi connectivity index (χ4n) is 0. The third-order valence-electron chi connectivity index (χ3n) is 0. The zero-order valence-electron chi connectivity index (χ0n) is 2.16. The fraction of sp³-hybridized carbons (Fsp3) is 0. The van der Waals surface area contributed by atoms with Gasteiger partial charge in [-0.25, -0.2) is 0 Å². The van der Waals surface area contributed by atoms with Gasteiger partial charge in [-0.05, 0) is 0 Å². The lowest BCUT2D eigenvalue weighted by Gasteiger charge is -1.81. The first-order chi connectivity index (χ1) is 2.00. The molecule has 0 nitrogen and oxygen atoms in total. The Morgan fingerprint density at radius 1 is 1.20 bits per heavy atom. The lowest BCUT2D eigenvalue weighted by molar-refractivity contribution is 5.41. The highest BCUT2D eigenvalue weighted by molar-refractivity contribution is 10.0. The van der Waals surface area contributed by atoms with Crippen LogP contribution in [0.5, 0.6) is 0 Å². The molecule has 0 aromatic carbocycles. The van der Waals surface area contributed by atoms with Crippen LogP contribution in [0, 0.1) is 0 Å². The highest BCUT2D eigenvalue weighted by atomic mass is 80.0. The molecule has 1 unspecified atom stereocenters. The van der Waals surface area contributed by atoms with Gasteiger partial charge in [-0.15, -0.1) is 0 Å². The summed E-state index contributed by atoms with van der Waals surface area (Å²) in [7, 11) is 2.58. The van der Waals surface area contributed by atoms with Crippen LogP contribution in [0.1, 0.15) is 0 Å². The van der Waals surface area contributed by atoms with Crippen molar-refractivity contribution in [1.82, 2.24) is 0 Å². The lowest BCUT2D eigenvalue weighted by Crippen LogP contribution is -1.14. The topological polar surface area (TPSA) is 0 Å². The number of halogens is 3. The Morgan fingerprint density at radius 2 is 1.20 bits per heavy atom. The van der Waals surface area contributed by atoms with Gasteiger partial charge in [0.1, 0.15) is 0 Å². The van der Waals surface area contributed by atoms with Gasteiger partial charge >= 0.3 is 0 Å². The summed E-state index contributed by atoms with van der Waals surface area (Å²) in [6.45, 7) is 0. The molecule has 0 N–H and O–H groups in total. The molecule has 0 bridgehead atoms. The molecule has 0 saturated heterocycles. The van der Waals surface area contributed by atoms with E-state index in [2.05, 4.69) is 55.4 Å². The van der Waals surface area contributed by atoms with Crippen molar-refractivity contribution in [1.29, 1.82) is 0 Å². The predicted molar refractivity (Wildman–Crippen MR) is 43.4 cm³/mol. The molecule has 0 heterocycles. The first-order valence-corrected chi connectivity index (χ1v) is 10.2. The van der Waals surface area contributed by atoms with Crippen LogP contribution in [0.25, 0.3) is 0 Å². The van der Waals surface area contributed by atoms with E-state index in [1.54, 1.807) is 0 Å². The molecule has 0 aromatic heterocycles. The lowest BCUT2D eigenvalue weighted by atomic mass is 29.9. The van der Waals surface area contributed by atoms with Crippen molar-refractivity contribution in [3.63, 3.8) is 0 Å². The van der Waals surface area contributed by atoms with Gasteiger partial charge in [0.05, 0.1) is 8.93 Å². The molecule has 0 aliphatic heterocycles. The van der Waals surface area contributed by atoms with E-state index in [-0.39, 0.29) is 0 Å². The standard InChI is InChI=1S/Br3H2P2/c1-5(2,3)4/h4H2/q+1. The molecule has 0 aromatic rings. The van der Waals surface area contributed by atoms with Crippen LogP contribution in [0.3, 0.4) is 0 Å². The molecule has 0 spiro atoms. The van der Waals surface area contributed by atoms with Gasteiger partial charge < -0.3 is 0 Å². The third kappa shape index (κ3) is 22.0. The average molecular weight is 304 g/mol. The van der Waals surface area contributed by atoms with Crippen LogP contribution in [-0.2, 0) is 0 Å². The molecule has 0 rings (SSSR count). The number of hydrogen-bond acceptors (Lipinski definition) is 0. The maximum Gasteiger partial charge on any atom is 0.232 e. The Balaban J connectivity index is 3.02. The molecule has 0 aliphatic carbocycles. The normalized spacial score (nSPS) is 12.0. The van der Waals surface area contributed by atoms with Crippen LogP contribution in [0.2, 0.25) is 0 Å². The molecule has 5 heavy (non-hydrogen) atoms. The van der Waals surface area contributed by atoms with E-state index in [0.29, 0.717) is 0 Å². The smallest absolute Gasteiger partial charge is 0.0622 e. The molecular formula is H2Br3P2+. The maximum absolute atomic E-state index is 3.28. The number of hydrogen-bond donors (Lipinski definition) is 0. The molecule has 0 radical (unpaired) electrons. The van der Waals surface area contributed by atoms with Crippen molar-refractivity contribution >= 4 is 58.5 Å². The average Bonchev–Trinajstić information content (AvgIpc) is 0.722. The molecule has 0 aliphatic rings. The first kappa shape index (κ1) is 7.30. The summed E-state index contributed by atoms with van der Waals surface area (Å²) < 4.78 is -1.03. The van der Waals surface area contributed by atoms with E-state index in [9.17, 15) is 0 Å². The first-order valence-electron chi connectivity index (χ1n) is 0.765. The zero-order valence-corrected chi connectivity index (χ0v) is 8.97. The molecular weight excluding hydrogens is 302 g/mol. The highest BCUT2D eigenvalue weighted by Crippen LogP contribution is 2.86. The summed E-state index contributed by atoms with van der Waals surface area (Å²) in [5, 5.41) is 0. The summed E-state index contributed by atoms with van der Waals surface area (Å²) in [6.07, 6.45) is 0.